The molecule has 86 valence electrons. The third-order valence-electron chi connectivity index (χ3n) is 2.56. The van der Waals surface area contributed by atoms with E-state index in [9.17, 15) is 0 Å². The Morgan fingerprint density at radius 2 is 2.25 bits per heavy atom. The van der Waals surface area contributed by atoms with E-state index in [0.29, 0.717) is 5.25 Å². The predicted octanol–water partition coefficient (Wildman–Crippen LogP) is 3.17. The van der Waals surface area contributed by atoms with Gasteiger partial charge in [-0.1, -0.05) is 23.9 Å². The molecule has 16 heavy (non-hydrogen) atoms. The predicted molar refractivity (Wildman–Crippen MR) is 74.0 cm³/mol. The number of hydrogen-bond donors (Lipinski definition) is 1. The standard InChI is InChI=1S/C11H12N2S2.ClH/c1-2-4-10-9(3-1)13-11(15-10)14-8-5-6-12-7-8;/h1-4,8,12H,5-7H2;1H. The highest BCUT2D eigenvalue weighted by atomic mass is 35.5. The van der Waals surface area contributed by atoms with E-state index in [1.165, 1.54) is 15.5 Å². The first-order chi connectivity index (χ1) is 7.42. The van der Waals surface area contributed by atoms with Crippen LogP contribution in [0.4, 0.5) is 0 Å². The van der Waals surface area contributed by atoms with Crippen molar-refractivity contribution in [2.24, 2.45) is 0 Å². The van der Waals surface area contributed by atoms with Crippen molar-refractivity contribution in [3.8, 4) is 0 Å². The van der Waals surface area contributed by atoms with Gasteiger partial charge in [0, 0.05) is 11.8 Å². The summed E-state index contributed by atoms with van der Waals surface area (Å²) in [5.41, 5.74) is 1.14. The molecule has 1 aliphatic heterocycles. The van der Waals surface area contributed by atoms with Crippen LogP contribution in [-0.4, -0.2) is 23.3 Å². The smallest absolute Gasteiger partial charge is 0.151 e. The maximum Gasteiger partial charge on any atom is 0.151 e. The van der Waals surface area contributed by atoms with Crippen LogP contribution >= 0.6 is 35.5 Å². The quantitative estimate of drug-likeness (QED) is 0.909. The SMILES string of the molecule is Cl.c1ccc2sc(SC3CCNC3)nc2c1. The molecule has 1 fully saturated rings. The maximum absolute atomic E-state index is 4.63. The van der Waals surface area contributed by atoms with Crippen LogP contribution in [0.1, 0.15) is 6.42 Å². The van der Waals surface area contributed by atoms with Crippen molar-refractivity contribution in [2.75, 3.05) is 13.1 Å². The van der Waals surface area contributed by atoms with E-state index < -0.39 is 0 Å². The number of halogens is 1. The number of thioether (sulfide) groups is 1. The van der Waals surface area contributed by atoms with Gasteiger partial charge in [-0.05, 0) is 25.1 Å². The third-order valence-corrected chi connectivity index (χ3v) is 4.96. The highest BCUT2D eigenvalue weighted by molar-refractivity contribution is 8.01. The number of nitrogens with zero attached hydrogens (tertiary/aromatic N) is 1. The lowest BCUT2D eigenvalue weighted by Gasteiger charge is -2.02. The summed E-state index contributed by atoms with van der Waals surface area (Å²) >= 11 is 3.73. The van der Waals surface area contributed by atoms with Crippen molar-refractivity contribution in [2.45, 2.75) is 16.0 Å². The van der Waals surface area contributed by atoms with Gasteiger partial charge >= 0.3 is 0 Å². The Morgan fingerprint density at radius 1 is 1.38 bits per heavy atom. The van der Waals surface area contributed by atoms with Gasteiger partial charge in [-0.3, -0.25) is 0 Å². The van der Waals surface area contributed by atoms with Gasteiger partial charge in [0.15, 0.2) is 4.34 Å². The minimum atomic E-state index is 0. The van der Waals surface area contributed by atoms with Crippen LogP contribution < -0.4 is 5.32 Å². The fourth-order valence-electron chi connectivity index (χ4n) is 1.77. The molecule has 2 heterocycles. The molecule has 1 aliphatic rings. The summed E-state index contributed by atoms with van der Waals surface area (Å²) in [5.74, 6) is 0. The van der Waals surface area contributed by atoms with Gasteiger partial charge in [-0.15, -0.1) is 23.7 Å². The van der Waals surface area contributed by atoms with Crippen LogP contribution in [0.2, 0.25) is 0 Å². The zero-order valence-electron chi connectivity index (χ0n) is 8.68. The molecule has 0 radical (unpaired) electrons. The second-order valence-electron chi connectivity index (χ2n) is 3.68. The van der Waals surface area contributed by atoms with Crippen molar-refractivity contribution in [3.05, 3.63) is 24.3 Å². The normalized spacial score (nSPS) is 19.9. The van der Waals surface area contributed by atoms with E-state index >= 15 is 0 Å². The van der Waals surface area contributed by atoms with Gasteiger partial charge < -0.3 is 5.32 Å². The van der Waals surface area contributed by atoms with Gasteiger partial charge in [0.05, 0.1) is 10.2 Å². The van der Waals surface area contributed by atoms with Gasteiger partial charge in [-0.25, -0.2) is 4.98 Å². The van der Waals surface area contributed by atoms with Gasteiger partial charge in [0.25, 0.3) is 0 Å². The number of para-hydroxylation sites is 1. The summed E-state index contributed by atoms with van der Waals surface area (Å²) in [7, 11) is 0. The number of benzene rings is 1. The molecule has 1 N–H and O–H groups in total. The number of thiazole rings is 1. The Balaban J connectivity index is 0.000000963. The molecule has 0 bridgehead atoms. The summed E-state index contributed by atoms with van der Waals surface area (Å²) in [5, 5.41) is 4.10. The molecule has 1 aromatic heterocycles. The summed E-state index contributed by atoms with van der Waals surface area (Å²) in [6.45, 7) is 2.28. The highest BCUT2D eigenvalue weighted by Crippen LogP contribution is 2.33. The minimum absolute atomic E-state index is 0. The second kappa shape index (κ2) is 5.36. The molecule has 2 nitrogen and oxygen atoms in total. The summed E-state index contributed by atoms with van der Waals surface area (Å²) in [4.78, 5) is 4.63. The molecule has 1 saturated heterocycles. The molecular formula is C11H13ClN2S2. The largest absolute Gasteiger partial charge is 0.316 e. The molecule has 1 atom stereocenters. The van der Waals surface area contributed by atoms with E-state index in [2.05, 4.69) is 28.5 Å². The van der Waals surface area contributed by atoms with Crippen LogP contribution in [0.3, 0.4) is 0 Å². The summed E-state index contributed by atoms with van der Waals surface area (Å²) < 4.78 is 2.51. The Kier molecular flexibility index (Phi) is 4.08. The fraction of sp³-hybridized carbons (Fsp3) is 0.364. The number of nitrogens with one attached hydrogen (secondary N) is 1. The van der Waals surface area contributed by atoms with E-state index in [1.807, 2.05) is 29.2 Å². The number of aromatic nitrogens is 1. The molecule has 1 unspecified atom stereocenters. The molecule has 5 heteroatoms. The van der Waals surface area contributed by atoms with Crippen LogP contribution in [0.15, 0.2) is 28.6 Å². The Labute approximate surface area is 109 Å². The monoisotopic (exact) mass is 272 g/mol. The molecule has 1 aromatic carbocycles. The van der Waals surface area contributed by atoms with E-state index in [-0.39, 0.29) is 12.4 Å². The van der Waals surface area contributed by atoms with Crippen LogP contribution in [-0.2, 0) is 0 Å². The lowest BCUT2D eigenvalue weighted by atomic mass is 10.3. The van der Waals surface area contributed by atoms with Crippen LogP contribution in [0.25, 0.3) is 10.2 Å². The molecule has 0 saturated carbocycles. The first-order valence-corrected chi connectivity index (χ1v) is 6.84. The highest BCUT2D eigenvalue weighted by Gasteiger charge is 2.17. The molecule has 0 spiro atoms. The summed E-state index contributed by atoms with van der Waals surface area (Å²) in [6.07, 6.45) is 1.26. The fourth-order valence-corrected chi connectivity index (χ4v) is 4.21. The van der Waals surface area contributed by atoms with Crippen molar-refractivity contribution < 1.29 is 0 Å². The van der Waals surface area contributed by atoms with Crippen molar-refractivity contribution >= 4 is 45.7 Å². The van der Waals surface area contributed by atoms with E-state index in [4.69, 9.17) is 0 Å². The molecule has 0 aliphatic carbocycles. The Morgan fingerprint density at radius 3 is 3.00 bits per heavy atom. The second-order valence-corrected chi connectivity index (χ2v) is 6.26. The van der Waals surface area contributed by atoms with Gasteiger partial charge in [0.1, 0.15) is 0 Å². The average Bonchev–Trinajstić information content (AvgIpc) is 2.86. The minimum Gasteiger partial charge on any atom is -0.316 e. The van der Waals surface area contributed by atoms with Crippen molar-refractivity contribution in [1.29, 1.82) is 0 Å². The number of hydrogen-bond acceptors (Lipinski definition) is 4. The van der Waals surface area contributed by atoms with Gasteiger partial charge in [0.2, 0.25) is 0 Å². The van der Waals surface area contributed by atoms with Crippen molar-refractivity contribution in [1.82, 2.24) is 10.3 Å². The zero-order chi connectivity index (χ0) is 10.1. The lowest BCUT2D eigenvalue weighted by molar-refractivity contribution is 0.858. The maximum atomic E-state index is 4.63. The molecule has 0 amide bonds. The van der Waals surface area contributed by atoms with E-state index in [0.717, 1.165) is 18.6 Å². The molecular weight excluding hydrogens is 260 g/mol. The zero-order valence-corrected chi connectivity index (χ0v) is 11.1. The number of fused-ring (bicyclic) bond motifs is 1. The van der Waals surface area contributed by atoms with E-state index in [1.54, 1.807) is 0 Å². The topological polar surface area (TPSA) is 24.9 Å². The Hall–Kier alpha value is -0.290. The average molecular weight is 273 g/mol. The molecule has 2 aromatic rings. The molecule has 3 rings (SSSR count). The summed E-state index contributed by atoms with van der Waals surface area (Å²) in [6, 6.07) is 8.35. The number of rotatable bonds is 2. The van der Waals surface area contributed by atoms with Crippen LogP contribution in [0, 0.1) is 0 Å². The van der Waals surface area contributed by atoms with Crippen molar-refractivity contribution in [3.63, 3.8) is 0 Å². The first-order valence-electron chi connectivity index (χ1n) is 5.15. The first kappa shape index (κ1) is 12.2. The van der Waals surface area contributed by atoms with Gasteiger partial charge in [-0.2, -0.15) is 0 Å². The Bertz CT molecular complexity index is 433. The van der Waals surface area contributed by atoms with Crippen LogP contribution in [0.5, 0.6) is 0 Å². The third kappa shape index (κ3) is 2.51. The lowest BCUT2D eigenvalue weighted by Crippen LogP contribution is -2.09.